The third-order valence-corrected chi connectivity index (χ3v) is 10.5. The molecule has 4 saturated carbocycles. The second-order valence-corrected chi connectivity index (χ2v) is 13.0. The van der Waals surface area contributed by atoms with Crippen LogP contribution in [0, 0.1) is 37.0 Å². The Balaban J connectivity index is 1.21. The lowest BCUT2D eigenvalue weighted by molar-refractivity contribution is -0.125. The average molecular weight is 460 g/mol. The Labute approximate surface area is 192 Å². The van der Waals surface area contributed by atoms with E-state index in [9.17, 15) is 9.59 Å². The number of H-pyrrole nitrogens is 1. The molecule has 4 aliphatic rings. The Hall–Kier alpha value is -1.34. The van der Waals surface area contributed by atoms with Crippen molar-refractivity contribution in [3.05, 3.63) is 26.6 Å². The SMILES string of the molecule is Cc1sc2nc(CS[C@H](C)C(=O)N[C@H](C)C34CC5CC(CC(C5)C3)C4)[nH]c(=O)c2c1C. The minimum Gasteiger partial charge on any atom is -0.352 e. The average Bonchev–Trinajstić information content (AvgIpc) is 2.99. The van der Waals surface area contributed by atoms with Gasteiger partial charge in [-0.05, 0) is 95.0 Å². The van der Waals surface area contributed by atoms with Crippen molar-refractivity contribution in [1.29, 1.82) is 0 Å². The third kappa shape index (κ3) is 3.86. The van der Waals surface area contributed by atoms with E-state index in [0.29, 0.717) is 22.4 Å². The minimum absolute atomic E-state index is 0.0741. The van der Waals surface area contributed by atoms with Crippen LogP contribution >= 0.6 is 23.1 Å². The Bertz CT molecular complexity index is 1040. The zero-order valence-electron chi connectivity index (χ0n) is 18.9. The van der Waals surface area contributed by atoms with Gasteiger partial charge in [-0.2, -0.15) is 0 Å². The van der Waals surface area contributed by atoms with Crippen molar-refractivity contribution in [2.45, 2.75) is 83.3 Å². The molecule has 2 aromatic rings. The fraction of sp³-hybridized carbons (Fsp3) is 0.708. The van der Waals surface area contributed by atoms with Crippen LogP contribution in [0.5, 0.6) is 0 Å². The molecule has 4 aliphatic carbocycles. The molecule has 6 rings (SSSR count). The number of hydrogen-bond donors (Lipinski definition) is 2. The highest BCUT2D eigenvalue weighted by Gasteiger charge is 2.53. The summed E-state index contributed by atoms with van der Waals surface area (Å²) in [6, 6.07) is 0.239. The summed E-state index contributed by atoms with van der Waals surface area (Å²) in [4.78, 5) is 34.9. The number of aryl methyl sites for hydroxylation is 2. The van der Waals surface area contributed by atoms with Gasteiger partial charge in [0.25, 0.3) is 5.56 Å². The van der Waals surface area contributed by atoms with Gasteiger partial charge < -0.3 is 10.3 Å². The highest BCUT2D eigenvalue weighted by molar-refractivity contribution is 7.99. The number of carbonyl (C=O) groups is 1. The maximum Gasteiger partial charge on any atom is 0.259 e. The van der Waals surface area contributed by atoms with Crippen molar-refractivity contribution in [1.82, 2.24) is 15.3 Å². The van der Waals surface area contributed by atoms with Crippen LogP contribution in [0.15, 0.2) is 4.79 Å². The molecular weight excluding hydrogens is 426 g/mol. The van der Waals surface area contributed by atoms with Crippen LogP contribution in [-0.4, -0.2) is 27.2 Å². The first kappa shape index (κ1) is 21.5. The molecule has 5 nitrogen and oxygen atoms in total. The number of nitrogens with zero attached hydrogens (tertiary/aromatic N) is 1. The van der Waals surface area contributed by atoms with Crippen LogP contribution in [0.2, 0.25) is 0 Å². The Morgan fingerprint density at radius 3 is 2.42 bits per heavy atom. The summed E-state index contributed by atoms with van der Waals surface area (Å²) in [5.74, 6) is 3.96. The molecule has 2 N–H and O–H groups in total. The van der Waals surface area contributed by atoms with E-state index in [1.165, 1.54) is 38.5 Å². The van der Waals surface area contributed by atoms with E-state index in [-0.39, 0.29) is 22.8 Å². The molecule has 0 saturated heterocycles. The van der Waals surface area contributed by atoms with Crippen molar-refractivity contribution in [2.75, 3.05) is 0 Å². The van der Waals surface area contributed by atoms with Crippen molar-refractivity contribution in [2.24, 2.45) is 23.2 Å². The molecule has 0 spiro atoms. The molecule has 4 bridgehead atoms. The van der Waals surface area contributed by atoms with E-state index in [4.69, 9.17) is 0 Å². The van der Waals surface area contributed by atoms with Gasteiger partial charge in [0, 0.05) is 10.9 Å². The number of fused-ring (bicyclic) bond motifs is 1. The molecule has 0 aliphatic heterocycles. The zero-order valence-corrected chi connectivity index (χ0v) is 20.5. The quantitative estimate of drug-likeness (QED) is 0.641. The van der Waals surface area contributed by atoms with E-state index in [1.807, 2.05) is 20.8 Å². The highest BCUT2D eigenvalue weighted by atomic mass is 32.2. The Morgan fingerprint density at radius 1 is 1.19 bits per heavy atom. The lowest BCUT2D eigenvalue weighted by Gasteiger charge is -2.59. The molecule has 0 unspecified atom stereocenters. The van der Waals surface area contributed by atoms with Gasteiger partial charge in [0.05, 0.1) is 16.4 Å². The van der Waals surface area contributed by atoms with Crippen LogP contribution in [0.1, 0.15) is 68.6 Å². The number of thiophene rings is 1. The number of nitrogens with one attached hydrogen (secondary N) is 2. The Morgan fingerprint density at radius 2 is 1.81 bits per heavy atom. The minimum atomic E-state index is -0.177. The summed E-state index contributed by atoms with van der Waals surface area (Å²) in [5, 5.41) is 3.90. The summed E-state index contributed by atoms with van der Waals surface area (Å²) in [6.45, 7) is 8.18. The fourth-order valence-corrected chi connectivity index (χ4v) is 8.65. The normalized spacial score (nSPS) is 31.2. The van der Waals surface area contributed by atoms with Crippen molar-refractivity contribution < 1.29 is 4.79 Å². The first-order valence-corrected chi connectivity index (χ1v) is 13.5. The number of aromatic nitrogens is 2. The number of hydrogen-bond acceptors (Lipinski definition) is 5. The van der Waals surface area contributed by atoms with Gasteiger partial charge in [-0.3, -0.25) is 9.59 Å². The van der Waals surface area contributed by atoms with Crippen molar-refractivity contribution in [3.8, 4) is 0 Å². The van der Waals surface area contributed by atoms with Gasteiger partial charge >= 0.3 is 0 Å². The van der Waals surface area contributed by atoms with Gasteiger partial charge in [-0.25, -0.2) is 4.98 Å². The summed E-state index contributed by atoms with van der Waals surface area (Å²) in [6.07, 6.45) is 8.16. The molecule has 0 aromatic carbocycles. The molecule has 168 valence electrons. The number of aromatic amines is 1. The molecule has 4 fully saturated rings. The summed E-state index contributed by atoms with van der Waals surface area (Å²) < 4.78 is 0. The van der Waals surface area contributed by atoms with Gasteiger partial charge in [-0.1, -0.05) is 0 Å². The van der Waals surface area contributed by atoms with Crippen LogP contribution in [-0.2, 0) is 10.5 Å². The summed E-state index contributed by atoms with van der Waals surface area (Å²) in [7, 11) is 0. The van der Waals surface area contributed by atoms with E-state index in [1.54, 1.807) is 23.1 Å². The van der Waals surface area contributed by atoms with E-state index in [0.717, 1.165) is 33.0 Å². The predicted octanol–water partition coefficient (Wildman–Crippen LogP) is 4.94. The molecule has 7 heteroatoms. The molecular formula is C24H33N3O2S2. The van der Waals surface area contributed by atoms with Gasteiger partial charge in [0.15, 0.2) is 0 Å². The number of thioether (sulfide) groups is 1. The lowest BCUT2D eigenvalue weighted by atomic mass is 9.48. The molecule has 2 heterocycles. The smallest absolute Gasteiger partial charge is 0.259 e. The number of carbonyl (C=O) groups excluding carboxylic acids is 1. The number of amides is 1. The van der Waals surface area contributed by atoms with E-state index < -0.39 is 0 Å². The van der Waals surface area contributed by atoms with Crippen LogP contribution in [0.4, 0.5) is 0 Å². The molecule has 2 atom stereocenters. The van der Waals surface area contributed by atoms with Gasteiger partial charge in [0.1, 0.15) is 10.7 Å². The third-order valence-electron chi connectivity index (χ3n) is 8.29. The predicted molar refractivity (Wildman–Crippen MR) is 129 cm³/mol. The van der Waals surface area contributed by atoms with Crippen molar-refractivity contribution >= 4 is 39.2 Å². The fourth-order valence-electron chi connectivity index (χ4n) is 6.84. The molecule has 31 heavy (non-hydrogen) atoms. The first-order valence-electron chi connectivity index (χ1n) is 11.6. The first-order chi connectivity index (χ1) is 14.7. The summed E-state index contributed by atoms with van der Waals surface area (Å²) >= 11 is 3.11. The maximum absolute atomic E-state index is 13.0. The van der Waals surface area contributed by atoms with Crippen LogP contribution < -0.4 is 10.9 Å². The number of rotatable bonds is 6. The van der Waals surface area contributed by atoms with E-state index in [2.05, 4.69) is 22.2 Å². The van der Waals surface area contributed by atoms with Gasteiger partial charge in [0.2, 0.25) is 5.91 Å². The highest BCUT2D eigenvalue weighted by Crippen LogP contribution is 2.61. The molecule has 2 aromatic heterocycles. The van der Waals surface area contributed by atoms with Crippen molar-refractivity contribution in [3.63, 3.8) is 0 Å². The lowest BCUT2D eigenvalue weighted by Crippen LogP contribution is -2.56. The summed E-state index contributed by atoms with van der Waals surface area (Å²) in [5.41, 5.74) is 1.26. The second kappa shape index (κ2) is 7.91. The monoisotopic (exact) mass is 459 g/mol. The van der Waals surface area contributed by atoms with Crippen LogP contribution in [0.25, 0.3) is 10.2 Å². The zero-order chi connectivity index (χ0) is 21.9. The standard InChI is InChI=1S/C24H33N3O2S2/c1-12-13(2)31-23-20(12)22(29)26-19(27-23)11-30-14(3)21(28)25-15(4)24-8-16-5-17(9-24)7-18(6-16)10-24/h14-18H,5-11H2,1-4H3,(H,25,28)(H,26,27,29)/t14-,15-,16?,17?,18?,24?/m1/s1. The van der Waals surface area contributed by atoms with Crippen LogP contribution in [0.3, 0.4) is 0 Å². The maximum atomic E-state index is 13.0. The topological polar surface area (TPSA) is 74.8 Å². The van der Waals surface area contributed by atoms with Gasteiger partial charge in [-0.15, -0.1) is 23.1 Å². The molecule has 1 amide bonds. The Kier molecular flexibility index (Phi) is 5.48. The largest absolute Gasteiger partial charge is 0.352 e. The van der Waals surface area contributed by atoms with E-state index >= 15 is 0 Å². The second-order valence-electron chi connectivity index (χ2n) is 10.4. The molecule has 0 radical (unpaired) electrons.